The summed E-state index contributed by atoms with van der Waals surface area (Å²) in [7, 11) is 0. The van der Waals surface area contributed by atoms with E-state index >= 15 is 0 Å². The van der Waals surface area contributed by atoms with Crippen LogP contribution in [0.25, 0.3) is 60.6 Å². The van der Waals surface area contributed by atoms with Crippen molar-refractivity contribution in [3.63, 3.8) is 0 Å². The van der Waals surface area contributed by atoms with Crippen molar-refractivity contribution in [1.82, 2.24) is 4.57 Å². The fourth-order valence-electron chi connectivity index (χ4n) is 6.89. The van der Waals surface area contributed by atoms with Gasteiger partial charge in [0.1, 0.15) is 6.07 Å². The number of para-hydroxylation sites is 2. The zero-order valence-electron chi connectivity index (χ0n) is 22.8. The number of furan rings is 1. The molecule has 0 radical (unpaired) electrons. The number of benzene rings is 5. The Hall–Kier alpha value is -5.49. The van der Waals surface area contributed by atoms with Gasteiger partial charge >= 0.3 is 0 Å². The van der Waals surface area contributed by atoms with Crippen molar-refractivity contribution < 1.29 is 4.42 Å². The van der Waals surface area contributed by atoms with Crippen LogP contribution in [0.5, 0.6) is 0 Å². The molecule has 0 fully saturated rings. The zero-order valence-corrected chi connectivity index (χ0v) is 23.6. The van der Waals surface area contributed by atoms with Gasteiger partial charge in [0, 0.05) is 37.6 Å². The molecule has 4 nitrogen and oxygen atoms in total. The molecule has 5 aromatic carbocycles. The Morgan fingerprint density at radius 3 is 2.44 bits per heavy atom. The molecule has 0 N–H and O–H groups in total. The molecule has 200 valence electrons. The van der Waals surface area contributed by atoms with Gasteiger partial charge in [-0.05, 0) is 59.2 Å². The molecule has 0 spiro atoms. The van der Waals surface area contributed by atoms with E-state index in [4.69, 9.17) is 4.42 Å². The van der Waals surface area contributed by atoms with Gasteiger partial charge in [-0.1, -0.05) is 72.8 Å². The van der Waals surface area contributed by atoms with Crippen molar-refractivity contribution >= 4 is 55.5 Å². The number of nitrogens with zero attached hydrogens (tertiary/aromatic N) is 3. The Bertz CT molecular complexity index is 2480. The zero-order chi connectivity index (χ0) is 28.7. The molecule has 9 rings (SSSR count). The molecule has 43 heavy (non-hydrogen) atoms. The quantitative estimate of drug-likeness (QED) is 0.209. The summed E-state index contributed by atoms with van der Waals surface area (Å²) < 4.78 is 8.82. The van der Waals surface area contributed by atoms with Crippen LogP contribution in [-0.4, -0.2) is 9.82 Å². The van der Waals surface area contributed by atoms with E-state index in [-0.39, 0.29) is 0 Å². The van der Waals surface area contributed by atoms with Gasteiger partial charge in [-0.2, -0.15) is 10.5 Å². The van der Waals surface area contributed by atoms with Crippen LogP contribution in [0.15, 0.2) is 125 Å². The van der Waals surface area contributed by atoms with E-state index in [0.717, 1.165) is 55.0 Å². The number of fused-ring (bicyclic) bond motifs is 9. The number of hydrogen-bond donors (Lipinski definition) is 0. The maximum atomic E-state index is 10.3. The fourth-order valence-corrected chi connectivity index (χ4v) is 8.37. The van der Waals surface area contributed by atoms with Gasteiger partial charge in [-0.25, -0.2) is 0 Å². The predicted octanol–water partition coefficient (Wildman–Crippen LogP) is 9.78. The first-order chi connectivity index (χ1) is 21.2. The summed E-state index contributed by atoms with van der Waals surface area (Å²) in [6, 6.07) is 35.6. The van der Waals surface area contributed by atoms with E-state index < -0.39 is 0 Å². The maximum absolute atomic E-state index is 10.3. The lowest BCUT2D eigenvalue weighted by Gasteiger charge is -2.14. The number of rotatable bonds is 2. The van der Waals surface area contributed by atoms with Gasteiger partial charge in [0.05, 0.1) is 33.9 Å². The Labute approximate surface area is 251 Å². The van der Waals surface area contributed by atoms with Crippen LogP contribution in [-0.2, 0) is 0 Å². The third-order valence-electron chi connectivity index (χ3n) is 8.79. The molecule has 0 saturated carbocycles. The van der Waals surface area contributed by atoms with Gasteiger partial charge in [0.2, 0.25) is 0 Å². The second kappa shape index (κ2) is 9.00. The number of allylic oxidation sites excluding steroid dienone is 3. The standard InChI is InChI=1S/C38H21N3OS/c39-20-22-15-16-33-30(17-22)26-7-1-3-12-32(26)41(33)34-13-6-10-28-31-19-23(18-24(21-40)36(31)42-37(28)34)25-9-5-11-29-27-8-2-4-14-35(27)43-38(25)29/h1-19,27,35H. The second-order valence-electron chi connectivity index (χ2n) is 11.1. The normalized spacial score (nSPS) is 17.0. The number of nitriles is 2. The average Bonchev–Trinajstić information content (AvgIpc) is 3.73. The van der Waals surface area contributed by atoms with Crippen molar-refractivity contribution in [1.29, 1.82) is 10.5 Å². The van der Waals surface area contributed by atoms with E-state index in [2.05, 4.69) is 95.6 Å². The highest BCUT2D eigenvalue weighted by atomic mass is 32.2. The van der Waals surface area contributed by atoms with E-state index in [1.807, 2.05) is 48.2 Å². The van der Waals surface area contributed by atoms with Crippen molar-refractivity contribution in [2.75, 3.05) is 0 Å². The van der Waals surface area contributed by atoms with Gasteiger partial charge in [-0.3, -0.25) is 0 Å². The van der Waals surface area contributed by atoms with Gasteiger partial charge in [0.15, 0.2) is 11.2 Å². The molecular formula is C38H21N3OS. The number of hydrogen-bond acceptors (Lipinski definition) is 4. The Morgan fingerprint density at radius 2 is 1.53 bits per heavy atom. The molecule has 3 heterocycles. The molecule has 0 bridgehead atoms. The average molecular weight is 568 g/mol. The van der Waals surface area contributed by atoms with Crippen molar-refractivity contribution in [3.8, 4) is 29.0 Å². The van der Waals surface area contributed by atoms with Crippen molar-refractivity contribution in [2.45, 2.75) is 16.1 Å². The highest BCUT2D eigenvalue weighted by Gasteiger charge is 2.33. The van der Waals surface area contributed by atoms with Gasteiger partial charge in [0.25, 0.3) is 0 Å². The van der Waals surface area contributed by atoms with Crippen LogP contribution in [0.3, 0.4) is 0 Å². The summed E-state index contributed by atoms with van der Waals surface area (Å²) in [5.74, 6) is 0.372. The summed E-state index contributed by atoms with van der Waals surface area (Å²) >= 11 is 1.90. The Balaban J connectivity index is 1.30. The van der Waals surface area contributed by atoms with Crippen molar-refractivity contribution in [3.05, 3.63) is 132 Å². The minimum atomic E-state index is 0.372. The van der Waals surface area contributed by atoms with Gasteiger partial charge in [-0.15, -0.1) is 11.8 Å². The molecular weight excluding hydrogens is 547 g/mol. The summed E-state index contributed by atoms with van der Waals surface area (Å²) in [5.41, 5.74) is 8.92. The van der Waals surface area contributed by atoms with Crippen LogP contribution < -0.4 is 0 Å². The highest BCUT2D eigenvalue weighted by Crippen LogP contribution is 2.52. The lowest BCUT2D eigenvalue weighted by atomic mass is 9.90. The minimum absolute atomic E-state index is 0.372. The second-order valence-corrected chi connectivity index (χ2v) is 12.3. The fraction of sp³-hybridized carbons (Fsp3) is 0.0526. The largest absolute Gasteiger partial charge is 0.452 e. The minimum Gasteiger partial charge on any atom is -0.452 e. The summed E-state index contributed by atoms with van der Waals surface area (Å²) in [6.45, 7) is 0. The van der Waals surface area contributed by atoms with Gasteiger partial charge < -0.3 is 8.98 Å². The molecule has 0 amide bonds. The molecule has 2 aliphatic rings. The first-order valence-corrected chi connectivity index (χ1v) is 15.1. The van der Waals surface area contributed by atoms with E-state index in [9.17, 15) is 10.5 Å². The lowest BCUT2D eigenvalue weighted by molar-refractivity contribution is 0.665. The smallest absolute Gasteiger partial charge is 0.159 e. The van der Waals surface area contributed by atoms with E-state index in [0.29, 0.717) is 27.9 Å². The Morgan fingerprint density at radius 1 is 0.698 bits per heavy atom. The van der Waals surface area contributed by atoms with Crippen molar-refractivity contribution in [2.24, 2.45) is 0 Å². The van der Waals surface area contributed by atoms with E-state index in [1.54, 1.807) is 0 Å². The molecule has 7 aromatic rings. The lowest BCUT2D eigenvalue weighted by Crippen LogP contribution is -2.06. The van der Waals surface area contributed by atoms with E-state index in [1.165, 1.54) is 10.5 Å². The molecule has 0 saturated heterocycles. The maximum Gasteiger partial charge on any atom is 0.159 e. The molecule has 5 heteroatoms. The molecule has 2 aromatic heterocycles. The van der Waals surface area contributed by atoms with Crippen LogP contribution in [0, 0.1) is 22.7 Å². The third kappa shape index (κ3) is 3.37. The summed E-state index contributed by atoms with van der Waals surface area (Å²) in [5, 5.41) is 24.3. The number of thioether (sulfide) groups is 1. The third-order valence-corrected chi connectivity index (χ3v) is 10.2. The topological polar surface area (TPSA) is 65.7 Å². The molecule has 2 unspecified atom stereocenters. The predicted molar refractivity (Wildman–Crippen MR) is 174 cm³/mol. The van der Waals surface area contributed by atoms with Crippen LogP contribution in [0.2, 0.25) is 0 Å². The highest BCUT2D eigenvalue weighted by molar-refractivity contribution is 8.00. The molecule has 2 atom stereocenters. The summed E-state index contributed by atoms with van der Waals surface area (Å²) in [4.78, 5) is 1.28. The first-order valence-electron chi connectivity index (χ1n) is 14.2. The summed E-state index contributed by atoms with van der Waals surface area (Å²) in [6.07, 6.45) is 8.84. The Kier molecular flexibility index (Phi) is 5.05. The van der Waals surface area contributed by atoms with Crippen LogP contribution in [0.1, 0.15) is 22.6 Å². The van der Waals surface area contributed by atoms with Crippen LogP contribution in [0.4, 0.5) is 0 Å². The monoisotopic (exact) mass is 567 g/mol. The first kappa shape index (κ1) is 24.1. The van der Waals surface area contributed by atoms with Crippen LogP contribution >= 0.6 is 11.8 Å². The molecule has 1 aliphatic heterocycles. The molecule has 1 aliphatic carbocycles. The number of aromatic nitrogens is 1. The SMILES string of the molecule is N#Cc1ccc2c(c1)c1ccccc1n2-c1cccc2c1oc1c(C#N)cc(-c3cccc4c3SC3C=CC=CC43)cc12.